The van der Waals surface area contributed by atoms with Gasteiger partial charge in [-0.3, -0.25) is 14.6 Å². The number of carbonyl (C=O) groups excluding carboxylic acids is 2. The van der Waals surface area contributed by atoms with E-state index in [2.05, 4.69) is 4.98 Å². The number of hydrogen-bond acceptors (Lipinski definition) is 7. The first-order chi connectivity index (χ1) is 16.9. The highest BCUT2D eigenvalue weighted by Crippen LogP contribution is 2.46. The largest absolute Gasteiger partial charge is 0.507 e. The molecule has 1 aliphatic heterocycles. The van der Waals surface area contributed by atoms with Gasteiger partial charge in [0.15, 0.2) is 11.5 Å². The van der Waals surface area contributed by atoms with E-state index in [1.165, 1.54) is 32.3 Å². The van der Waals surface area contributed by atoms with Crippen LogP contribution in [0, 0.1) is 0 Å². The molecule has 1 N–H and O–H groups in total. The predicted octanol–water partition coefficient (Wildman–Crippen LogP) is 4.38. The fourth-order valence-electron chi connectivity index (χ4n) is 4.13. The zero-order chi connectivity index (χ0) is 25.1. The molecular weight excluding hydrogens is 472 g/mol. The van der Waals surface area contributed by atoms with Crippen molar-refractivity contribution < 1.29 is 28.9 Å². The molecular formula is C26H23ClN2O6. The number of aliphatic hydroxyl groups is 1. The van der Waals surface area contributed by atoms with Gasteiger partial charge >= 0.3 is 0 Å². The molecule has 8 nitrogen and oxygen atoms in total. The monoisotopic (exact) mass is 494 g/mol. The maximum Gasteiger partial charge on any atom is 0.295 e. The molecule has 1 saturated heterocycles. The number of benzene rings is 2. The van der Waals surface area contributed by atoms with Crippen LogP contribution < -0.4 is 14.2 Å². The molecule has 2 aromatic carbocycles. The van der Waals surface area contributed by atoms with Crippen LogP contribution in [0.15, 0.2) is 66.5 Å². The van der Waals surface area contributed by atoms with Gasteiger partial charge in [0.25, 0.3) is 11.7 Å². The van der Waals surface area contributed by atoms with E-state index in [9.17, 15) is 14.7 Å². The van der Waals surface area contributed by atoms with Crippen LogP contribution in [0.3, 0.4) is 0 Å². The van der Waals surface area contributed by atoms with Crippen molar-refractivity contribution in [2.24, 2.45) is 0 Å². The summed E-state index contributed by atoms with van der Waals surface area (Å²) in [4.78, 5) is 31.9. The minimum atomic E-state index is -0.934. The summed E-state index contributed by atoms with van der Waals surface area (Å²) in [6, 6.07) is 12.3. The highest BCUT2D eigenvalue weighted by atomic mass is 35.5. The van der Waals surface area contributed by atoms with E-state index in [4.69, 9.17) is 25.8 Å². The number of hydrogen-bond donors (Lipinski definition) is 1. The van der Waals surface area contributed by atoms with E-state index < -0.39 is 17.7 Å². The molecule has 4 rings (SSSR count). The summed E-state index contributed by atoms with van der Waals surface area (Å²) in [5.41, 5.74) is 1.51. The lowest BCUT2D eigenvalue weighted by molar-refractivity contribution is -0.140. The Morgan fingerprint density at radius 3 is 2.23 bits per heavy atom. The number of ether oxygens (including phenoxy) is 3. The van der Waals surface area contributed by atoms with Gasteiger partial charge in [0.1, 0.15) is 5.76 Å². The fourth-order valence-corrected chi connectivity index (χ4v) is 4.32. The average molecular weight is 495 g/mol. The summed E-state index contributed by atoms with van der Waals surface area (Å²) in [5.74, 6) is -0.834. The van der Waals surface area contributed by atoms with Crippen molar-refractivity contribution in [3.8, 4) is 17.2 Å². The van der Waals surface area contributed by atoms with Gasteiger partial charge in [-0.1, -0.05) is 23.7 Å². The van der Waals surface area contributed by atoms with Gasteiger partial charge in [0, 0.05) is 29.5 Å². The van der Waals surface area contributed by atoms with Gasteiger partial charge in [-0.2, -0.15) is 0 Å². The normalized spacial score (nSPS) is 16.9. The molecule has 0 aliphatic carbocycles. The number of nitrogens with zero attached hydrogens (tertiary/aromatic N) is 2. The summed E-state index contributed by atoms with van der Waals surface area (Å²) < 4.78 is 16.4. The summed E-state index contributed by atoms with van der Waals surface area (Å²) in [5, 5.41) is 11.6. The molecule has 2 heterocycles. The fraction of sp³-hybridized carbons (Fsp3) is 0.192. The molecule has 1 aliphatic rings. The number of likely N-dealkylation sites (tertiary alicyclic amines) is 1. The number of rotatable bonds is 7. The lowest BCUT2D eigenvalue weighted by Crippen LogP contribution is -2.29. The number of methoxy groups -OCH3 is 3. The minimum Gasteiger partial charge on any atom is -0.507 e. The quantitative estimate of drug-likeness (QED) is 0.295. The number of carbonyl (C=O) groups is 2. The second-order valence-electron chi connectivity index (χ2n) is 7.75. The SMILES string of the molecule is COc1cc(C2/C(=C(\O)c3cccc(Cl)c3)C(=O)C(=O)N2Cc2ccncc2)cc(OC)c1OC. The maximum absolute atomic E-state index is 13.3. The van der Waals surface area contributed by atoms with Crippen molar-refractivity contribution in [3.05, 3.63) is 88.2 Å². The van der Waals surface area contributed by atoms with Crippen LogP contribution in [0.5, 0.6) is 17.2 Å². The Morgan fingerprint density at radius 2 is 1.66 bits per heavy atom. The lowest BCUT2D eigenvalue weighted by atomic mass is 9.94. The number of pyridine rings is 1. The van der Waals surface area contributed by atoms with Crippen LogP contribution in [0.4, 0.5) is 0 Å². The van der Waals surface area contributed by atoms with E-state index in [-0.39, 0.29) is 17.9 Å². The Morgan fingerprint density at radius 1 is 1.00 bits per heavy atom. The predicted molar refractivity (Wildman–Crippen MR) is 130 cm³/mol. The molecule has 1 aromatic heterocycles. The molecule has 0 bridgehead atoms. The highest BCUT2D eigenvalue weighted by molar-refractivity contribution is 6.46. The number of Topliss-reactive ketones (excluding diaryl/α,β-unsaturated/α-hetero) is 1. The molecule has 35 heavy (non-hydrogen) atoms. The summed E-state index contributed by atoms with van der Waals surface area (Å²) in [6.45, 7) is 0.112. The smallest absolute Gasteiger partial charge is 0.295 e. The maximum atomic E-state index is 13.3. The van der Waals surface area contributed by atoms with Gasteiger partial charge in [-0.25, -0.2) is 0 Å². The Balaban J connectivity index is 1.95. The second-order valence-corrected chi connectivity index (χ2v) is 8.19. The topological polar surface area (TPSA) is 98.2 Å². The first-order valence-electron chi connectivity index (χ1n) is 10.6. The van der Waals surface area contributed by atoms with Crippen LogP contribution in [0.25, 0.3) is 5.76 Å². The van der Waals surface area contributed by atoms with Gasteiger partial charge in [0.05, 0.1) is 32.9 Å². The average Bonchev–Trinajstić information content (AvgIpc) is 3.12. The zero-order valence-electron chi connectivity index (χ0n) is 19.3. The molecule has 1 amide bonds. The number of aliphatic hydroxyl groups excluding tert-OH is 1. The van der Waals surface area contributed by atoms with Crippen molar-refractivity contribution in [3.63, 3.8) is 0 Å². The molecule has 0 saturated carbocycles. The van der Waals surface area contributed by atoms with Crippen molar-refractivity contribution in [2.75, 3.05) is 21.3 Å². The first-order valence-corrected chi connectivity index (χ1v) is 11.0. The Kier molecular flexibility index (Phi) is 6.93. The van der Waals surface area contributed by atoms with E-state index >= 15 is 0 Å². The highest BCUT2D eigenvalue weighted by Gasteiger charge is 2.46. The molecule has 0 radical (unpaired) electrons. The van der Waals surface area contributed by atoms with Crippen molar-refractivity contribution in [1.82, 2.24) is 9.88 Å². The van der Waals surface area contributed by atoms with Gasteiger partial charge in [0.2, 0.25) is 5.75 Å². The van der Waals surface area contributed by atoms with Crippen molar-refractivity contribution in [2.45, 2.75) is 12.6 Å². The molecule has 180 valence electrons. The van der Waals surface area contributed by atoms with E-state index in [1.807, 2.05) is 0 Å². The summed E-state index contributed by atoms with van der Waals surface area (Å²) in [7, 11) is 4.43. The standard InChI is InChI=1S/C26H23ClN2O6/c1-33-19-12-17(13-20(34-2)25(19)35-3)22-21(23(30)16-5-4-6-18(27)11-16)24(31)26(32)29(22)14-15-7-9-28-10-8-15/h4-13,22,30H,14H2,1-3H3/b23-21+. The van der Waals surface area contributed by atoms with Crippen LogP contribution in [-0.2, 0) is 16.1 Å². The molecule has 1 fully saturated rings. The third-order valence-corrected chi connectivity index (χ3v) is 5.98. The number of amides is 1. The molecule has 1 atom stereocenters. The second kappa shape index (κ2) is 10.1. The minimum absolute atomic E-state index is 0.0689. The van der Waals surface area contributed by atoms with E-state index in [0.717, 1.165) is 5.56 Å². The zero-order valence-corrected chi connectivity index (χ0v) is 20.1. The van der Waals surface area contributed by atoms with Crippen LogP contribution in [0.2, 0.25) is 5.02 Å². The van der Waals surface area contributed by atoms with Gasteiger partial charge < -0.3 is 24.2 Å². The Hall–Kier alpha value is -4.04. The molecule has 1 unspecified atom stereocenters. The Labute approximate surface area is 207 Å². The molecule has 0 spiro atoms. The van der Waals surface area contributed by atoms with Crippen LogP contribution >= 0.6 is 11.6 Å². The van der Waals surface area contributed by atoms with E-state index in [1.54, 1.807) is 54.9 Å². The third-order valence-electron chi connectivity index (χ3n) is 5.74. The van der Waals surface area contributed by atoms with Crippen LogP contribution in [0.1, 0.15) is 22.7 Å². The number of aromatic nitrogens is 1. The van der Waals surface area contributed by atoms with Gasteiger partial charge in [-0.05, 0) is 47.5 Å². The summed E-state index contributed by atoms with van der Waals surface area (Å²) >= 11 is 6.11. The lowest BCUT2D eigenvalue weighted by Gasteiger charge is -2.26. The van der Waals surface area contributed by atoms with Gasteiger partial charge in [-0.15, -0.1) is 0 Å². The molecule has 3 aromatic rings. The Bertz CT molecular complexity index is 1280. The van der Waals surface area contributed by atoms with Crippen molar-refractivity contribution in [1.29, 1.82) is 0 Å². The van der Waals surface area contributed by atoms with E-state index in [0.29, 0.717) is 33.4 Å². The first kappa shape index (κ1) is 24.1. The number of halogens is 1. The third kappa shape index (κ3) is 4.52. The number of ketones is 1. The summed E-state index contributed by atoms with van der Waals surface area (Å²) in [6.07, 6.45) is 3.21. The van der Waals surface area contributed by atoms with Crippen LogP contribution in [-0.4, -0.2) is 48.0 Å². The van der Waals surface area contributed by atoms with Crippen molar-refractivity contribution >= 4 is 29.1 Å². The molecule has 9 heteroatoms.